The van der Waals surface area contributed by atoms with Crippen molar-refractivity contribution >= 4 is 53.4 Å². The van der Waals surface area contributed by atoms with Gasteiger partial charge in [-0.3, -0.25) is 4.79 Å². The Kier molecular flexibility index (Phi) is 7.79. The van der Waals surface area contributed by atoms with Crippen molar-refractivity contribution in [3.8, 4) is 9.88 Å². The van der Waals surface area contributed by atoms with Crippen LogP contribution in [0.1, 0.15) is 28.2 Å². The van der Waals surface area contributed by atoms with Crippen LogP contribution in [-0.2, 0) is 0 Å². The maximum Gasteiger partial charge on any atom is 0.263 e. The molecule has 0 spiro atoms. The van der Waals surface area contributed by atoms with E-state index in [1.165, 1.54) is 11.3 Å². The number of aryl methyl sites for hydroxylation is 1. The van der Waals surface area contributed by atoms with E-state index in [1.54, 1.807) is 11.3 Å². The predicted molar refractivity (Wildman–Crippen MR) is 98.0 cm³/mol. The average Bonchev–Trinajstić information content (AvgIpc) is 3.08. The molecule has 0 aromatic carbocycles. The van der Waals surface area contributed by atoms with Crippen LogP contribution >= 0.6 is 47.5 Å². The van der Waals surface area contributed by atoms with Crippen LogP contribution in [0.4, 0.5) is 0 Å². The predicted octanol–water partition coefficient (Wildman–Crippen LogP) is 3.51. The molecule has 0 radical (unpaired) electrons. The SMILES string of the molecule is Cc1nc(-c2cccs2)sc1C(=O)NC1CCNCC1.Cl.Cl. The van der Waals surface area contributed by atoms with Crippen LogP contribution in [0.25, 0.3) is 9.88 Å². The number of halogens is 2. The molecule has 122 valence electrons. The monoisotopic (exact) mass is 379 g/mol. The van der Waals surface area contributed by atoms with Crippen LogP contribution in [0, 0.1) is 6.92 Å². The highest BCUT2D eigenvalue weighted by Gasteiger charge is 2.20. The molecule has 2 N–H and O–H groups in total. The van der Waals surface area contributed by atoms with Crippen molar-refractivity contribution in [3.05, 3.63) is 28.1 Å². The summed E-state index contributed by atoms with van der Waals surface area (Å²) in [7, 11) is 0. The Bertz CT molecular complexity index is 595. The van der Waals surface area contributed by atoms with E-state index < -0.39 is 0 Å². The number of nitrogens with zero attached hydrogens (tertiary/aromatic N) is 1. The summed E-state index contributed by atoms with van der Waals surface area (Å²) in [5, 5.41) is 9.40. The van der Waals surface area contributed by atoms with Gasteiger partial charge in [0.05, 0.1) is 10.6 Å². The van der Waals surface area contributed by atoms with E-state index in [9.17, 15) is 4.79 Å². The molecule has 4 nitrogen and oxygen atoms in total. The highest BCUT2D eigenvalue weighted by atomic mass is 35.5. The minimum absolute atomic E-state index is 0. The van der Waals surface area contributed by atoms with Crippen molar-refractivity contribution < 1.29 is 4.79 Å². The lowest BCUT2D eigenvalue weighted by molar-refractivity contribution is 0.0933. The van der Waals surface area contributed by atoms with E-state index >= 15 is 0 Å². The van der Waals surface area contributed by atoms with Crippen LogP contribution in [0.5, 0.6) is 0 Å². The Labute approximate surface area is 150 Å². The zero-order chi connectivity index (χ0) is 13.9. The quantitative estimate of drug-likeness (QED) is 0.857. The number of carbonyl (C=O) groups is 1. The first-order valence-electron chi connectivity index (χ1n) is 6.77. The average molecular weight is 380 g/mol. The molecule has 0 bridgehead atoms. The van der Waals surface area contributed by atoms with Crippen LogP contribution in [0.15, 0.2) is 17.5 Å². The molecule has 8 heteroatoms. The summed E-state index contributed by atoms with van der Waals surface area (Å²) >= 11 is 3.14. The fourth-order valence-electron chi connectivity index (χ4n) is 2.33. The van der Waals surface area contributed by atoms with Gasteiger partial charge in [-0.25, -0.2) is 4.98 Å². The molecule has 2 aromatic heterocycles. The zero-order valence-corrected chi connectivity index (χ0v) is 15.4. The molecule has 0 atom stereocenters. The molecule has 3 heterocycles. The Balaban J connectivity index is 0.00000121. The van der Waals surface area contributed by atoms with Crippen LogP contribution < -0.4 is 10.6 Å². The van der Waals surface area contributed by atoms with E-state index in [0.717, 1.165) is 46.4 Å². The summed E-state index contributed by atoms with van der Waals surface area (Å²) in [4.78, 5) is 18.7. The number of hydrogen-bond donors (Lipinski definition) is 2. The van der Waals surface area contributed by atoms with E-state index in [-0.39, 0.29) is 36.8 Å². The van der Waals surface area contributed by atoms with Gasteiger partial charge in [0.15, 0.2) is 0 Å². The summed E-state index contributed by atoms with van der Waals surface area (Å²) in [6, 6.07) is 4.33. The number of piperidine rings is 1. The molecule has 2 aromatic rings. The summed E-state index contributed by atoms with van der Waals surface area (Å²) in [5.74, 6) is 0.0229. The van der Waals surface area contributed by atoms with E-state index in [2.05, 4.69) is 15.6 Å². The van der Waals surface area contributed by atoms with Crippen molar-refractivity contribution in [2.24, 2.45) is 0 Å². The second kappa shape index (κ2) is 8.84. The second-order valence-electron chi connectivity index (χ2n) is 4.91. The fraction of sp³-hybridized carbons (Fsp3) is 0.429. The molecule has 1 fully saturated rings. The Morgan fingerprint density at radius 2 is 2.09 bits per heavy atom. The highest BCUT2D eigenvalue weighted by molar-refractivity contribution is 7.22. The van der Waals surface area contributed by atoms with Crippen LogP contribution in [-0.4, -0.2) is 30.0 Å². The van der Waals surface area contributed by atoms with Crippen LogP contribution in [0.2, 0.25) is 0 Å². The second-order valence-corrected chi connectivity index (χ2v) is 6.86. The largest absolute Gasteiger partial charge is 0.348 e. The van der Waals surface area contributed by atoms with Gasteiger partial charge in [-0.05, 0) is 44.3 Å². The number of thiophene rings is 1. The van der Waals surface area contributed by atoms with Crippen molar-refractivity contribution in [2.75, 3.05) is 13.1 Å². The first kappa shape index (κ1) is 19.4. The number of thiazole rings is 1. The Hall–Kier alpha value is -0.660. The standard InChI is InChI=1S/C14H17N3OS2.2ClH/c1-9-12(13(18)17-10-4-6-15-7-5-10)20-14(16-9)11-3-2-8-19-11;;/h2-3,8,10,15H,4-7H2,1H3,(H,17,18);2*1H. The molecular formula is C14H19Cl2N3OS2. The van der Waals surface area contributed by atoms with Gasteiger partial charge in [-0.1, -0.05) is 6.07 Å². The van der Waals surface area contributed by atoms with Gasteiger partial charge in [0.25, 0.3) is 5.91 Å². The third kappa shape index (κ3) is 4.43. The number of carbonyl (C=O) groups excluding carboxylic acids is 1. The number of hydrogen-bond acceptors (Lipinski definition) is 5. The highest BCUT2D eigenvalue weighted by Crippen LogP contribution is 2.31. The number of nitrogens with one attached hydrogen (secondary N) is 2. The molecule has 1 aliphatic heterocycles. The molecule has 3 rings (SSSR count). The van der Waals surface area contributed by atoms with Crippen molar-refractivity contribution in [1.82, 2.24) is 15.6 Å². The Morgan fingerprint density at radius 1 is 1.36 bits per heavy atom. The van der Waals surface area contributed by atoms with Gasteiger partial charge in [0, 0.05) is 6.04 Å². The summed E-state index contributed by atoms with van der Waals surface area (Å²) in [6.45, 7) is 3.87. The van der Waals surface area contributed by atoms with E-state index in [0.29, 0.717) is 0 Å². The zero-order valence-electron chi connectivity index (χ0n) is 12.1. The van der Waals surface area contributed by atoms with Crippen LogP contribution in [0.3, 0.4) is 0 Å². The third-order valence-corrected chi connectivity index (χ3v) is 5.60. The van der Waals surface area contributed by atoms with E-state index in [1.807, 2.05) is 24.4 Å². The van der Waals surface area contributed by atoms with E-state index in [4.69, 9.17) is 0 Å². The molecule has 0 aliphatic carbocycles. The van der Waals surface area contributed by atoms with Gasteiger partial charge in [0.1, 0.15) is 9.88 Å². The minimum Gasteiger partial charge on any atom is -0.348 e. The maximum absolute atomic E-state index is 12.4. The molecule has 0 unspecified atom stereocenters. The van der Waals surface area contributed by atoms with Crippen molar-refractivity contribution in [3.63, 3.8) is 0 Å². The lowest BCUT2D eigenvalue weighted by atomic mass is 10.1. The first-order valence-corrected chi connectivity index (χ1v) is 8.46. The third-order valence-electron chi connectivity index (χ3n) is 3.41. The molecule has 22 heavy (non-hydrogen) atoms. The number of aromatic nitrogens is 1. The van der Waals surface area contributed by atoms with Crippen molar-refractivity contribution in [1.29, 1.82) is 0 Å². The summed E-state index contributed by atoms with van der Waals surface area (Å²) in [5.41, 5.74) is 0.824. The smallest absolute Gasteiger partial charge is 0.263 e. The van der Waals surface area contributed by atoms with Gasteiger partial charge in [-0.15, -0.1) is 47.5 Å². The Morgan fingerprint density at radius 3 is 2.73 bits per heavy atom. The summed E-state index contributed by atoms with van der Waals surface area (Å²) < 4.78 is 0. The molecule has 0 saturated carbocycles. The lowest BCUT2D eigenvalue weighted by Crippen LogP contribution is -2.42. The molecular weight excluding hydrogens is 361 g/mol. The number of rotatable bonds is 3. The van der Waals surface area contributed by atoms with Gasteiger partial charge < -0.3 is 10.6 Å². The topological polar surface area (TPSA) is 54.0 Å². The van der Waals surface area contributed by atoms with Crippen molar-refractivity contribution in [2.45, 2.75) is 25.8 Å². The molecule has 1 amide bonds. The molecule has 1 saturated heterocycles. The fourth-order valence-corrected chi connectivity index (χ4v) is 4.10. The normalized spacial score (nSPS) is 14.8. The minimum atomic E-state index is 0. The van der Waals surface area contributed by atoms with Gasteiger partial charge in [-0.2, -0.15) is 0 Å². The summed E-state index contributed by atoms with van der Waals surface area (Å²) in [6.07, 6.45) is 2.00. The number of amides is 1. The van der Waals surface area contributed by atoms with Gasteiger partial charge >= 0.3 is 0 Å². The lowest BCUT2D eigenvalue weighted by Gasteiger charge is -2.23. The van der Waals surface area contributed by atoms with Gasteiger partial charge in [0.2, 0.25) is 0 Å². The molecule has 1 aliphatic rings. The maximum atomic E-state index is 12.4. The first-order chi connectivity index (χ1) is 9.74.